The third-order valence-electron chi connectivity index (χ3n) is 6.54. The molecule has 1 unspecified atom stereocenters. The van der Waals surface area contributed by atoms with Crippen LogP contribution in [0.25, 0.3) is 0 Å². The van der Waals surface area contributed by atoms with Gasteiger partial charge in [-0.15, -0.1) is 0 Å². The first-order valence-corrected chi connectivity index (χ1v) is 9.77. The lowest BCUT2D eigenvalue weighted by Crippen LogP contribution is -2.67. The lowest BCUT2D eigenvalue weighted by atomic mass is 9.50. The summed E-state index contributed by atoms with van der Waals surface area (Å²) in [6.45, 7) is 7.86. The molecule has 3 aliphatic rings. The molecule has 1 aliphatic heterocycles. The van der Waals surface area contributed by atoms with Gasteiger partial charge in [0.15, 0.2) is 0 Å². The summed E-state index contributed by atoms with van der Waals surface area (Å²) in [6, 6.07) is 0. The van der Waals surface area contributed by atoms with Gasteiger partial charge in [0.2, 0.25) is 0 Å². The zero-order valence-corrected chi connectivity index (χ0v) is 15.6. The predicted molar refractivity (Wildman–Crippen MR) is 87.9 cm³/mol. The molecule has 138 valence electrons. The summed E-state index contributed by atoms with van der Waals surface area (Å²) < 4.78 is 28.8. The zero-order chi connectivity index (χ0) is 17.7. The molecular weight excluding hydrogens is 332 g/mol. The van der Waals surface area contributed by atoms with Crippen molar-refractivity contribution in [1.82, 2.24) is 0 Å². The average molecular weight is 360 g/mol. The molecule has 0 aromatic rings. The Bertz CT molecular complexity index is 539. The molecule has 0 radical (unpaired) electrons. The van der Waals surface area contributed by atoms with Crippen LogP contribution in [-0.4, -0.2) is 39.7 Å². The number of carbonyl (C=O) groups is 1. The molecular formula is C17H28O6S. The topological polar surface area (TPSA) is 82.1 Å². The van der Waals surface area contributed by atoms with Gasteiger partial charge in [-0.3, -0.25) is 13.2 Å². The fraction of sp³-hybridized carbons (Fsp3) is 0.941. The fourth-order valence-electron chi connectivity index (χ4n) is 5.21. The van der Waals surface area contributed by atoms with E-state index in [1.807, 2.05) is 13.8 Å². The third-order valence-corrected chi connectivity index (χ3v) is 7.44. The Balaban J connectivity index is 1.89. The van der Waals surface area contributed by atoms with Crippen molar-refractivity contribution < 1.29 is 27.2 Å². The number of carbonyl (C=O) groups excluding carboxylic acids is 1. The van der Waals surface area contributed by atoms with Gasteiger partial charge >= 0.3 is 17.3 Å². The minimum atomic E-state index is -1.78. The number of rotatable bonds is 3. The Hall–Kier alpha value is -0.500. The van der Waals surface area contributed by atoms with E-state index in [9.17, 15) is 14.1 Å². The minimum Gasteiger partial charge on any atom is -0.466 e. The quantitative estimate of drug-likeness (QED) is 0.777. The van der Waals surface area contributed by atoms with Gasteiger partial charge in [0.1, 0.15) is 0 Å². The number of aliphatic hydroxyl groups excluding tert-OH is 1. The molecule has 0 amide bonds. The molecule has 1 heterocycles. The summed E-state index contributed by atoms with van der Waals surface area (Å²) in [7, 11) is 0. The summed E-state index contributed by atoms with van der Waals surface area (Å²) in [5.41, 5.74) is -0.860. The second-order valence-corrected chi connectivity index (χ2v) is 8.95. The number of aliphatic hydroxyl groups is 1. The maximum Gasteiger partial charge on any atom is 0.305 e. The summed E-state index contributed by atoms with van der Waals surface area (Å²) in [4.78, 5) is 11.1. The standard InChI is InChI=1S/C17H28O6S/c1-10(9-21-11(2)18)12-5-7-16(3)13(19)6-8-17(4)15(16)14(12)22-24(20)23-17/h10,12-15,19H,5-9H2,1-4H3/t10-,12+,13-,14+,15-,16+,17-,24?/m1/s1. The van der Waals surface area contributed by atoms with Crippen molar-refractivity contribution in [2.75, 3.05) is 6.61 Å². The van der Waals surface area contributed by atoms with E-state index < -0.39 is 23.1 Å². The Morgan fingerprint density at radius 2 is 2.08 bits per heavy atom. The number of esters is 1. The Labute approximate surface area is 146 Å². The molecule has 7 heteroatoms. The van der Waals surface area contributed by atoms with Gasteiger partial charge in [-0.2, -0.15) is 4.21 Å². The van der Waals surface area contributed by atoms with Crippen LogP contribution in [0.15, 0.2) is 0 Å². The third kappa shape index (κ3) is 2.93. The molecule has 3 fully saturated rings. The molecule has 2 aliphatic carbocycles. The SMILES string of the molecule is CC(=O)OC[C@@H](C)[C@@H]1CC[C@@]2(C)[C@H](O)CC[C@@]3(C)OS(=O)O[C@@H]1[C@H]23. The monoisotopic (exact) mass is 360 g/mol. The van der Waals surface area contributed by atoms with Crippen molar-refractivity contribution in [3.8, 4) is 0 Å². The van der Waals surface area contributed by atoms with E-state index in [1.165, 1.54) is 6.92 Å². The first-order chi connectivity index (χ1) is 11.2. The maximum atomic E-state index is 12.2. The van der Waals surface area contributed by atoms with Crippen LogP contribution in [0.5, 0.6) is 0 Å². The van der Waals surface area contributed by atoms with E-state index in [-0.39, 0.29) is 35.2 Å². The largest absolute Gasteiger partial charge is 0.466 e. The van der Waals surface area contributed by atoms with Crippen molar-refractivity contribution in [2.45, 2.75) is 71.2 Å². The van der Waals surface area contributed by atoms with E-state index in [1.54, 1.807) is 0 Å². The lowest BCUT2D eigenvalue weighted by Gasteiger charge is -2.62. The van der Waals surface area contributed by atoms with Crippen molar-refractivity contribution in [1.29, 1.82) is 0 Å². The van der Waals surface area contributed by atoms with Crippen molar-refractivity contribution in [3.05, 3.63) is 0 Å². The smallest absolute Gasteiger partial charge is 0.305 e. The molecule has 2 saturated carbocycles. The first-order valence-electron chi connectivity index (χ1n) is 8.77. The van der Waals surface area contributed by atoms with E-state index in [0.717, 1.165) is 12.8 Å². The molecule has 0 aromatic heterocycles. The highest BCUT2D eigenvalue weighted by molar-refractivity contribution is 7.75. The Kier molecular flexibility index (Phi) is 4.83. The number of hydrogen-bond donors (Lipinski definition) is 1. The van der Waals surface area contributed by atoms with Crippen LogP contribution >= 0.6 is 0 Å². The minimum absolute atomic E-state index is 0.0232. The average Bonchev–Trinajstić information content (AvgIpc) is 2.48. The van der Waals surface area contributed by atoms with Crippen molar-refractivity contribution in [3.63, 3.8) is 0 Å². The predicted octanol–water partition coefficient (Wildman–Crippen LogP) is 2.13. The number of hydrogen-bond acceptors (Lipinski definition) is 6. The molecule has 1 saturated heterocycles. The van der Waals surface area contributed by atoms with Gasteiger partial charge in [-0.25, -0.2) is 0 Å². The molecule has 6 nitrogen and oxygen atoms in total. The van der Waals surface area contributed by atoms with Gasteiger partial charge in [0.05, 0.1) is 24.4 Å². The second kappa shape index (κ2) is 6.34. The summed E-state index contributed by atoms with van der Waals surface area (Å²) in [5, 5.41) is 10.6. The molecule has 0 aromatic carbocycles. The molecule has 0 spiro atoms. The molecule has 24 heavy (non-hydrogen) atoms. The van der Waals surface area contributed by atoms with Gasteiger partial charge in [0, 0.05) is 18.3 Å². The lowest BCUT2D eigenvalue weighted by molar-refractivity contribution is -0.225. The highest BCUT2D eigenvalue weighted by atomic mass is 32.2. The molecule has 1 N–H and O–H groups in total. The van der Waals surface area contributed by atoms with Crippen LogP contribution in [-0.2, 0) is 29.3 Å². The molecule has 8 atom stereocenters. The van der Waals surface area contributed by atoms with E-state index in [0.29, 0.717) is 19.4 Å². The summed E-state index contributed by atoms with van der Waals surface area (Å²) in [6.07, 6.45) is 2.38. The first kappa shape index (κ1) is 18.3. The Morgan fingerprint density at radius 1 is 1.38 bits per heavy atom. The molecule has 0 bridgehead atoms. The van der Waals surface area contributed by atoms with Gasteiger partial charge < -0.3 is 9.84 Å². The van der Waals surface area contributed by atoms with Crippen LogP contribution in [0.1, 0.15) is 53.4 Å². The fourth-order valence-corrected chi connectivity index (χ4v) is 6.19. The van der Waals surface area contributed by atoms with Gasteiger partial charge in [-0.05, 0) is 44.4 Å². The highest BCUT2D eigenvalue weighted by Gasteiger charge is 2.64. The summed E-state index contributed by atoms with van der Waals surface area (Å²) >= 11 is -1.78. The van der Waals surface area contributed by atoms with E-state index in [4.69, 9.17) is 13.1 Å². The highest BCUT2D eigenvalue weighted by Crippen LogP contribution is 2.60. The van der Waals surface area contributed by atoms with Crippen molar-refractivity contribution in [2.24, 2.45) is 23.2 Å². The zero-order valence-electron chi connectivity index (χ0n) is 14.8. The van der Waals surface area contributed by atoms with Crippen molar-refractivity contribution >= 4 is 17.3 Å². The van der Waals surface area contributed by atoms with Crippen LogP contribution < -0.4 is 0 Å². The van der Waals surface area contributed by atoms with Gasteiger partial charge in [0.25, 0.3) is 0 Å². The number of ether oxygens (including phenoxy) is 1. The van der Waals surface area contributed by atoms with Crippen LogP contribution in [0.2, 0.25) is 0 Å². The molecule has 3 rings (SSSR count). The van der Waals surface area contributed by atoms with Crippen LogP contribution in [0.3, 0.4) is 0 Å². The van der Waals surface area contributed by atoms with Crippen LogP contribution in [0, 0.1) is 23.2 Å². The Morgan fingerprint density at radius 3 is 2.75 bits per heavy atom. The van der Waals surface area contributed by atoms with E-state index in [2.05, 4.69) is 6.92 Å². The second-order valence-electron chi connectivity index (χ2n) is 8.18. The maximum absolute atomic E-state index is 12.2. The van der Waals surface area contributed by atoms with E-state index >= 15 is 0 Å². The van der Waals surface area contributed by atoms with Gasteiger partial charge in [-0.1, -0.05) is 13.8 Å². The summed E-state index contributed by atoms with van der Waals surface area (Å²) in [5.74, 6) is -0.0938. The van der Waals surface area contributed by atoms with Crippen LogP contribution in [0.4, 0.5) is 0 Å². The normalized spacial score (nSPS) is 49.1.